The first-order valence-corrected chi connectivity index (χ1v) is 12.0. The van der Waals surface area contributed by atoms with Gasteiger partial charge in [0.05, 0.1) is 0 Å². The van der Waals surface area contributed by atoms with Crippen LogP contribution in [0, 0.1) is 0 Å². The molecule has 0 atom stereocenters. The quantitative estimate of drug-likeness (QED) is 0.380. The molecule has 1 aliphatic rings. The predicted octanol–water partition coefficient (Wildman–Crippen LogP) is 6.12. The van der Waals surface area contributed by atoms with E-state index in [1.54, 1.807) is 19.0 Å². The van der Waals surface area contributed by atoms with Gasteiger partial charge in [-0.1, -0.05) is 54.1 Å². The molecule has 0 aliphatic carbocycles. The van der Waals surface area contributed by atoms with Crippen LogP contribution < -0.4 is 0 Å². The molecule has 6 heteroatoms. The molecule has 0 saturated heterocycles. The van der Waals surface area contributed by atoms with Gasteiger partial charge in [0.2, 0.25) is 0 Å². The van der Waals surface area contributed by atoms with Crippen molar-refractivity contribution in [3.8, 4) is 11.1 Å². The topological polar surface area (TPSA) is 56.4 Å². The van der Waals surface area contributed by atoms with E-state index in [1.165, 1.54) is 0 Å². The fourth-order valence-corrected chi connectivity index (χ4v) is 4.57. The van der Waals surface area contributed by atoms with Crippen molar-refractivity contribution in [2.24, 2.45) is 0 Å². The maximum Gasteiger partial charge on any atom is 0.269 e. The Kier molecular flexibility index (Phi) is 6.18. The molecule has 4 aromatic rings. The van der Waals surface area contributed by atoms with E-state index >= 15 is 0 Å². The number of carbonyl (C=O) groups excluding carboxylic acids is 2. The number of rotatable bonds is 4. The molecule has 1 aliphatic heterocycles. The first kappa shape index (κ1) is 22.9. The Morgan fingerprint density at radius 2 is 1.54 bits per heavy atom. The summed E-state index contributed by atoms with van der Waals surface area (Å²) in [6.45, 7) is 1.24. The van der Waals surface area contributed by atoms with Gasteiger partial charge in [-0.3, -0.25) is 9.59 Å². The van der Waals surface area contributed by atoms with Crippen LogP contribution >= 0.6 is 11.6 Å². The molecule has 1 N–H and O–H groups in total. The highest BCUT2D eigenvalue weighted by Crippen LogP contribution is 2.27. The number of benzene rings is 3. The predicted molar refractivity (Wildman–Crippen MR) is 142 cm³/mol. The van der Waals surface area contributed by atoms with E-state index in [1.807, 2.05) is 65.6 Å². The highest BCUT2D eigenvalue weighted by molar-refractivity contribution is 6.30. The number of nitrogens with zero attached hydrogens (tertiary/aromatic N) is 2. The second-order valence-electron chi connectivity index (χ2n) is 9.01. The van der Waals surface area contributed by atoms with Crippen molar-refractivity contribution in [1.29, 1.82) is 0 Å². The van der Waals surface area contributed by atoms with Gasteiger partial charge in [-0.05, 0) is 65.1 Å². The zero-order valence-corrected chi connectivity index (χ0v) is 20.5. The maximum atomic E-state index is 13.3. The molecular formula is C29H26ClN3O2. The van der Waals surface area contributed by atoms with Crippen molar-refractivity contribution in [2.45, 2.75) is 6.42 Å². The third kappa shape index (κ3) is 4.73. The van der Waals surface area contributed by atoms with Crippen molar-refractivity contribution in [1.82, 2.24) is 14.8 Å². The summed E-state index contributed by atoms with van der Waals surface area (Å²) in [6, 6.07) is 23.4. The monoisotopic (exact) mass is 483 g/mol. The molecule has 0 bridgehead atoms. The van der Waals surface area contributed by atoms with E-state index in [2.05, 4.69) is 23.2 Å². The van der Waals surface area contributed by atoms with Crippen LogP contribution in [-0.2, 0) is 0 Å². The number of hydrogen-bond acceptors (Lipinski definition) is 2. The third-order valence-corrected chi connectivity index (χ3v) is 6.63. The summed E-state index contributed by atoms with van der Waals surface area (Å²) in [5.41, 5.74) is 6.43. The lowest BCUT2D eigenvalue weighted by molar-refractivity contribution is 0.0774. The van der Waals surface area contributed by atoms with E-state index in [4.69, 9.17) is 11.6 Å². The Bertz CT molecular complexity index is 1430. The Labute approximate surface area is 209 Å². The van der Waals surface area contributed by atoms with Crippen LogP contribution in [0.1, 0.15) is 32.8 Å². The van der Waals surface area contributed by atoms with Crippen molar-refractivity contribution in [2.75, 3.05) is 27.2 Å². The third-order valence-electron chi connectivity index (χ3n) is 6.38. The molecule has 35 heavy (non-hydrogen) atoms. The number of amides is 2. The molecule has 2 heterocycles. The van der Waals surface area contributed by atoms with Gasteiger partial charge >= 0.3 is 0 Å². The van der Waals surface area contributed by atoms with Crippen LogP contribution in [0.25, 0.3) is 27.6 Å². The van der Waals surface area contributed by atoms with Gasteiger partial charge in [0.1, 0.15) is 5.69 Å². The Morgan fingerprint density at radius 3 is 2.23 bits per heavy atom. The number of H-pyrrole nitrogens is 1. The molecule has 1 aromatic heterocycles. The average Bonchev–Trinajstić information content (AvgIpc) is 3.32. The fourth-order valence-electron chi connectivity index (χ4n) is 4.44. The van der Waals surface area contributed by atoms with Gasteiger partial charge < -0.3 is 14.8 Å². The summed E-state index contributed by atoms with van der Waals surface area (Å²) in [4.78, 5) is 32.2. The second kappa shape index (κ2) is 9.43. The first-order chi connectivity index (χ1) is 16.9. The van der Waals surface area contributed by atoms with Crippen LogP contribution in [0.4, 0.5) is 0 Å². The summed E-state index contributed by atoms with van der Waals surface area (Å²) in [7, 11) is 3.48. The Balaban J connectivity index is 1.32. The zero-order valence-electron chi connectivity index (χ0n) is 19.7. The smallest absolute Gasteiger partial charge is 0.269 e. The van der Waals surface area contributed by atoms with Crippen LogP contribution in [-0.4, -0.2) is 53.8 Å². The van der Waals surface area contributed by atoms with Crippen molar-refractivity contribution in [3.63, 3.8) is 0 Å². The molecule has 5 nitrogen and oxygen atoms in total. The minimum atomic E-state index is -0.0570. The summed E-state index contributed by atoms with van der Waals surface area (Å²) >= 11 is 5.99. The number of hydrogen-bond donors (Lipinski definition) is 1. The minimum Gasteiger partial charge on any atom is -0.351 e. The van der Waals surface area contributed by atoms with Crippen molar-refractivity contribution in [3.05, 3.63) is 101 Å². The van der Waals surface area contributed by atoms with Crippen LogP contribution in [0.15, 0.2) is 78.9 Å². The number of halogens is 1. The van der Waals surface area contributed by atoms with E-state index < -0.39 is 0 Å². The highest BCUT2D eigenvalue weighted by atomic mass is 35.5. The molecule has 0 fully saturated rings. The molecule has 0 spiro atoms. The van der Waals surface area contributed by atoms with E-state index in [-0.39, 0.29) is 11.8 Å². The van der Waals surface area contributed by atoms with Gasteiger partial charge in [0, 0.05) is 48.7 Å². The molecule has 176 valence electrons. The molecule has 2 amide bonds. The lowest BCUT2D eigenvalue weighted by Gasteiger charge is -2.28. The van der Waals surface area contributed by atoms with Gasteiger partial charge in [-0.2, -0.15) is 0 Å². The Morgan fingerprint density at radius 1 is 0.886 bits per heavy atom. The van der Waals surface area contributed by atoms with E-state index in [0.29, 0.717) is 29.4 Å². The number of aromatic amines is 1. The molecule has 3 aromatic carbocycles. The largest absolute Gasteiger partial charge is 0.351 e. The van der Waals surface area contributed by atoms with Crippen LogP contribution in [0.5, 0.6) is 0 Å². The van der Waals surface area contributed by atoms with Crippen LogP contribution in [0.2, 0.25) is 5.02 Å². The van der Waals surface area contributed by atoms with Gasteiger partial charge in [-0.15, -0.1) is 0 Å². The molecular weight excluding hydrogens is 458 g/mol. The molecule has 0 saturated carbocycles. The normalized spacial score (nSPS) is 13.6. The molecule has 0 unspecified atom stereocenters. The number of carbonyl (C=O) groups is 2. The summed E-state index contributed by atoms with van der Waals surface area (Å²) in [5.74, 6) is -0.0310. The number of aromatic nitrogens is 1. The van der Waals surface area contributed by atoms with Gasteiger partial charge in [-0.25, -0.2) is 0 Å². The fraction of sp³-hybridized carbons (Fsp3) is 0.172. The van der Waals surface area contributed by atoms with E-state index in [9.17, 15) is 9.59 Å². The molecule has 0 radical (unpaired) electrons. The summed E-state index contributed by atoms with van der Waals surface area (Å²) in [5, 5.41) is 1.69. The Hall–Kier alpha value is -3.83. The SMILES string of the molecule is CN(C)C(=O)c1cc2ccc(C3=CCCN(C(=O)c4ccc(-c5ccc(Cl)cc5)cc4)C3)cc2[nH]1. The lowest BCUT2D eigenvalue weighted by atomic mass is 9.99. The summed E-state index contributed by atoms with van der Waals surface area (Å²) < 4.78 is 0. The van der Waals surface area contributed by atoms with Gasteiger partial charge in [0.25, 0.3) is 11.8 Å². The number of fused-ring (bicyclic) bond motifs is 1. The van der Waals surface area contributed by atoms with Crippen LogP contribution in [0.3, 0.4) is 0 Å². The van der Waals surface area contributed by atoms with Crippen molar-refractivity contribution < 1.29 is 9.59 Å². The number of nitrogens with one attached hydrogen (secondary N) is 1. The standard InChI is InChI=1S/C29H26ClN3O2/c1-32(2)29(35)27-17-23-10-9-22(16-26(23)31-27)24-4-3-15-33(18-24)28(34)21-7-5-19(6-8-21)20-11-13-25(30)14-12-20/h4-14,16-17,31H,3,15,18H2,1-2H3. The van der Waals surface area contributed by atoms with Crippen molar-refractivity contribution >= 4 is 39.9 Å². The maximum absolute atomic E-state index is 13.3. The summed E-state index contributed by atoms with van der Waals surface area (Å²) in [6.07, 6.45) is 3.00. The average molecular weight is 484 g/mol. The van der Waals surface area contributed by atoms with Gasteiger partial charge in [0.15, 0.2) is 0 Å². The van der Waals surface area contributed by atoms with E-state index in [0.717, 1.165) is 39.6 Å². The minimum absolute atomic E-state index is 0.0260. The second-order valence-corrected chi connectivity index (χ2v) is 9.45. The molecule has 5 rings (SSSR count). The zero-order chi connectivity index (χ0) is 24.5. The lowest BCUT2D eigenvalue weighted by Crippen LogP contribution is -2.35. The highest BCUT2D eigenvalue weighted by Gasteiger charge is 2.21. The first-order valence-electron chi connectivity index (χ1n) is 11.6.